The van der Waals surface area contributed by atoms with Gasteiger partial charge in [-0.05, 0) is 12.1 Å². The number of benzene rings is 2. The summed E-state index contributed by atoms with van der Waals surface area (Å²) in [7, 11) is 0. The summed E-state index contributed by atoms with van der Waals surface area (Å²) in [6, 6.07) is 10.5. The molecule has 1 atom stereocenters. The van der Waals surface area contributed by atoms with Crippen LogP contribution in [0.25, 0.3) is 10.8 Å². The normalized spacial score (nSPS) is 12.6. The lowest BCUT2D eigenvalue weighted by Crippen LogP contribution is -2.21. The average Bonchev–Trinajstić information content (AvgIpc) is 2.38. The Morgan fingerprint density at radius 2 is 1.76 bits per heavy atom. The second-order valence-electron chi connectivity index (χ2n) is 3.78. The van der Waals surface area contributed by atoms with Crippen molar-refractivity contribution in [2.75, 3.05) is 13.2 Å². The Hall–Kier alpha value is -1.78. The van der Waals surface area contributed by atoms with Gasteiger partial charge >= 0.3 is 0 Å². The van der Waals surface area contributed by atoms with Crippen LogP contribution in [-0.2, 0) is 0 Å². The van der Waals surface area contributed by atoms with Crippen molar-refractivity contribution in [2.45, 2.75) is 6.10 Å². The van der Waals surface area contributed by atoms with Crippen LogP contribution < -0.4 is 4.74 Å². The van der Waals surface area contributed by atoms with Gasteiger partial charge < -0.3 is 20.1 Å². The average molecular weight is 234 g/mol. The number of rotatable bonds is 4. The smallest absolute Gasteiger partial charge is 0.127 e. The molecule has 0 unspecified atom stereocenters. The molecule has 2 aromatic rings. The number of hydrogen-bond donors (Lipinski definition) is 3. The maximum Gasteiger partial charge on any atom is 0.127 e. The van der Waals surface area contributed by atoms with Gasteiger partial charge in [0.1, 0.15) is 24.2 Å². The SMILES string of the molecule is OC[C@@H](O)COc1ccc(O)c2ccccc12. The van der Waals surface area contributed by atoms with E-state index >= 15 is 0 Å². The first-order chi connectivity index (χ1) is 8.22. The van der Waals surface area contributed by atoms with Crippen LogP contribution in [0, 0.1) is 0 Å². The van der Waals surface area contributed by atoms with Gasteiger partial charge in [0.05, 0.1) is 6.61 Å². The first-order valence-corrected chi connectivity index (χ1v) is 5.35. The lowest BCUT2D eigenvalue weighted by molar-refractivity contribution is 0.0541. The van der Waals surface area contributed by atoms with Crippen molar-refractivity contribution in [2.24, 2.45) is 0 Å². The zero-order valence-corrected chi connectivity index (χ0v) is 9.21. The molecule has 3 N–H and O–H groups in total. The first-order valence-electron chi connectivity index (χ1n) is 5.35. The molecular formula is C13H14O4. The summed E-state index contributed by atoms with van der Waals surface area (Å²) in [6.45, 7) is -0.318. The predicted octanol–water partition coefficient (Wildman–Crippen LogP) is 1.28. The van der Waals surface area contributed by atoms with Crippen molar-refractivity contribution in [1.82, 2.24) is 0 Å². The van der Waals surface area contributed by atoms with E-state index in [0.29, 0.717) is 11.1 Å². The van der Waals surface area contributed by atoms with Gasteiger partial charge in [0.25, 0.3) is 0 Å². The molecule has 90 valence electrons. The highest BCUT2D eigenvalue weighted by Gasteiger charge is 2.08. The highest BCUT2D eigenvalue weighted by Crippen LogP contribution is 2.32. The molecule has 0 saturated carbocycles. The van der Waals surface area contributed by atoms with Crippen LogP contribution >= 0.6 is 0 Å². The monoisotopic (exact) mass is 234 g/mol. The molecule has 0 aliphatic rings. The molecule has 17 heavy (non-hydrogen) atoms. The van der Waals surface area contributed by atoms with E-state index < -0.39 is 6.10 Å². The standard InChI is InChI=1S/C13H14O4/c14-7-9(15)8-17-13-6-5-12(16)10-3-1-2-4-11(10)13/h1-6,9,14-16H,7-8H2/t9-/m1/s1. The van der Waals surface area contributed by atoms with E-state index in [2.05, 4.69) is 0 Å². The molecule has 0 aliphatic carbocycles. The molecule has 0 amide bonds. The summed E-state index contributed by atoms with van der Waals surface area (Å²) in [6.07, 6.45) is -0.900. The van der Waals surface area contributed by atoms with Crippen molar-refractivity contribution in [1.29, 1.82) is 0 Å². The number of aromatic hydroxyl groups is 1. The number of hydrogen-bond acceptors (Lipinski definition) is 4. The number of aliphatic hydroxyl groups is 2. The van der Waals surface area contributed by atoms with Gasteiger partial charge in [-0.2, -0.15) is 0 Å². The fraction of sp³-hybridized carbons (Fsp3) is 0.231. The third-order valence-corrected chi connectivity index (χ3v) is 2.50. The number of phenols is 1. The summed E-state index contributed by atoms with van der Waals surface area (Å²) in [5.74, 6) is 0.765. The molecule has 4 heteroatoms. The van der Waals surface area contributed by atoms with E-state index in [1.807, 2.05) is 18.2 Å². The fourth-order valence-corrected chi connectivity index (χ4v) is 1.62. The number of aliphatic hydroxyl groups excluding tert-OH is 2. The van der Waals surface area contributed by atoms with Crippen LogP contribution in [0.15, 0.2) is 36.4 Å². The van der Waals surface area contributed by atoms with Gasteiger partial charge in [-0.25, -0.2) is 0 Å². The Labute approximate surface area is 98.7 Å². The minimum absolute atomic E-state index is 0.0191. The summed E-state index contributed by atoms with van der Waals surface area (Å²) in [4.78, 5) is 0. The van der Waals surface area contributed by atoms with Crippen molar-refractivity contribution in [3.63, 3.8) is 0 Å². The molecule has 0 bridgehead atoms. The van der Waals surface area contributed by atoms with Crippen molar-refractivity contribution >= 4 is 10.8 Å². The second kappa shape index (κ2) is 5.03. The van der Waals surface area contributed by atoms with Gasteiger partial charge in [-0.3, -0.25) is 0 Å². The highest BCUT2D eigenvalue weighted by molar-refractivity contribution is 5.92. The van der Waals surface area contributed by atoms with Crippen LogP contribution in [0.4, 0.5) is 0 Å². The summed E-state index contributed by atoms with van der Waals surface area (Å²) < 4.78 is 5.41. The van der Waals surface area contributed by atoms with Gasteiger partial charge in [-0.1, -0.05) is 24.3 Å². The topological polar surface area (TPSA) is 69.9 Å². The molecule has 4 nitrogen and oxygen atoms in total. The van der Waals surface area contributed by atoms with E-state index in [0.717, 1.165) is 5.39 Å². The van der Waals surface area contributed by atoms with Crippen LogP contribution in [0.5, 0.6) is 11.5 Å². The predicted molar refractivity (Wildman–Crippen MR) is 64.2 cm³/mol. The summed E-state index contributed by atoms with van der Waals surface area (Å²) in [5, 5.41) is 29.1. The third kappa shape index (κ3) is 2.49. The van der Waals surface area contributed by atoms with E-state index in [1.165, 1.54) is 0 Å². The Balaban J connectivity index is 2.32. The van der Waals surface area contributed by atoms with Crippen molar-refractivity contribution < 1.29 is 20.1 Å². The molecule has 0 fully saturated rings. The fourth-order valence-electron chi connectivity index (χ4n) is 1.62. The Morgan fingerprint density at radius 1 is 1.06 bits per heavy atom. The number of ether oxygens (including phenoxy) is 1. The third-order valence-electron chi connectivity index (χ3n) is 2.50. The zero-order chi connectivity index (χ0) is 12.3. The minimum atomic E-state index is -0.900. The minimum Gasteiger partial charge on any atom is -0.507 e. The number of fused-ring (bicyclic) bond motifs is 1. The number of phenolic OH excluding ortho intramolecular Hbond substituents is 1. The van der Waals surface area contributed by atoms with E-state index in [4.69, 9.17) is 9.84 Å². The molecule has 0 aliphatic heterocycles. The van der Waals surface area contributed by atoms with Gasteiger partial charge in [0.15, 0.2) is 0 Å². The van der Waals surface area contributed by atoms with Crippen molar-refractivity contribution in [3.8, 4) is 11.5 Å². The quantitative estimate of drug-likeness (QED) is 0.745. The molecule has 0 spiro atoms. The van der Waals surface area contributed by atoms with E-state index in [-0.39, 0.29) is 19.0 Å². The Morgan fingerprint density at radius 3 is 2.47 bits per heavy atom. The first kappa shape index (κ1) is 11.7. The van der Waals surface area contributed by atoms with Gasteiger partial charge in [0, 0.05) is 10.8 Å². The van der Waals surface area contributed by atoms with E-state index in [1.54, 1.807) is 18.2 Å². The lowest BCUT2D eigenvalue weighted by atomic mass is 10.1. The molecule has 0 heterocycles. The molecule has 2 aromatic carbocycles. The lowest BCUT2D eigenvalue weighted by Gasteiger charge is -2.12. The maximum absolute atomic E-state index is 9.67. The second-order valence-corrected chi connectivity index (χ2v) is 3.78. The van der Waals surface area contributed by atoms with E-state index in [9.17, 15) is 10.2 Å². The van der Waals surface area contributed by atoms with Crippen LogP contribution in [0.2, 0.25) is 0 Å². The van der Waals surface area contributed by atoms with Gasteiger partial charge in [-0.15, -0.1) is 0 Å². The molecule has 0 aromatic heterocycles. The molecule has 0 saturated heterocycles. The highest BCUT2D eigenvalue weighted by atomic mass is 16.5. The maximum atomic E-state index is 9.67. The molecule has 0 radical (unpaired) electrons. The Bertz CT molecular complexity index is 510. The zero-order valence-electron chi connectivity index (χ0n) is 9.21. The van der Waals surface area contributed by atoms with Crippen molar-refractivity contribution in [3.05, 3.63) is 36.4 Å². The largest absolute Gasteiger partial charge is 0.507 e. The summed E-state index contributed by atoms with van der Waals surface area (Å²) >= 11 is 0. The molecule has 2 rings (SSSR count). The van der Waals surface area contributed by atoms with Crippen LogP contribution in [-0.4, -0.2) is 34.6 Å². The Kier molecular flexibility index (Phi) is 3.46. The van der Waals surface area contributed by atoms with Crippen LogP contribution in [0.3, 0.4) is 0 Å². The van der Waals surface area contributed by atoms with Crippen LogP contribution in [0.1, 0.15) is 0 Å². The molecular weight excluding hydrogens is 220 g/mol. The summed E-state index contributed by atoms with van der Waals surface area (Å²) in [5.41, 5.74) is 0. The van der Waals surface area contributed by atoms with Gasteiger partial charge in [0.2, 0.25) is 0 Å².